The summed E-state index contributed by atoms with van der Waals surface area (Å²) in [5.41, 5.74) is 0. The molecule has 7 heteroatoms. The Morgan fingerprint density at radius 1 is 1.09 bits per heavy atom. The molecule has 0 rings (SSSR count). The maximum absolute atomic E-state index is 4.85. The number of alkyl halides is 5. The molecule has 0 aromatic rings. The molecule has 0 saturated heterocycles. The molecule has 0 heterocycles. The van der Waals surface area contributed by atoms with E-state index in [0.29, 0.717) is 0 Å². The monoisotopic (exact) mass is 298 g/mol. The van der Waals surface area contributed by atoms with E-state index in [2.05, 4.69) is 6.58 Å². The van der Waals surface area contributed by atoms with E-state index in [-0.39, 0.29) is 9.83 Å². The van der Waals surface area contributed by atoms with Crippen LogP contribution >= 0.6 is 81.2 Å². The summed E-state index contributed by atoms with van der Waals surface area (Å²) < 4.78 is -0.639. The van der Waals surface area contributed by atoms with Gasteiger partial charge in [-0.05, 0) is 0 Å². The highest BCUT2D eigenvalue weighted by molar-refractivity contribution is 6.63. The molecule has 0 fully saturated rings. The fraction of sp³-hybridized carbons (Fsp3) is 0.500. The van der Waals surface area contributed by atoms with Gasteiger partial charge in [0.15, 0.2) is 4.30 Å². The highest BCUT2D eigenvalue weighted by Crippen LogP contribution is 2.03. The third-order valence-electron chi connectivity index (χ3n) is 0. The molecule has 0 unspecified atom stereocenters. The van der Waals surface area contributed by atoms with Gasteiger partial charge in [-0.25, -0.2) is 0 Å². The highest BCUT2D eigenvalue weighted by Gasteiger charge is 1.78. The van der Waals surface area contributed by atoms with Crippen LogP contribution in [0.15, 0.2) is 11.1 Å². The molecule has 0 spiro atoms. The third-order valence-corrected chi connectivity index (χ3v) is 0. The fourth-order valence-electron chi connectivity index (χ4n) is 0. The highest BCUT2D eigenvalue weighted by atomic mass is 35.6. The summed E-state index contributed by atoms with van der Waals surface area (Å²) in [6.45, 7) is 3.09. The van der Waals surface area contributed by atoms with E-state index >= 15 is 0 Å². The maximum atomic E-state index is 4.85. The van der Waals surface area contributed by atoms with Crippen molar-refractivity contribution in [3.8, 4) is 0 Å². The fourth-order valence-corrected chi connectivity index (χ4v) is 0. The van der Waals surface area contributed by atoms with Crippen molar-refractivity contribution in [2.45, 2.75) is 4.30 Å². The van der Waals surface area contributed by atoms with Crippen LogP contribution in [0.2, 0.25) is 0 Å². The molecule has 0 aliphatic heterocycles. The summed E-state index contributed by atoms with van der Waals surface area (Å²) in [5.74, 6) is 0. The minimum Gasteiger partial charge on any atom is -0.109 e. The zero-order valence-electron chi connectivity index (χ0n) is 5.14. The molecular weight excluding hydrogens is 296 g/mol. The minimum atomic E-state index is -0.750. The van der Waals surface area contributed by atoms with Crippen molar-refractivity contribution in [1.82, 2.24) is 0 Å². The molecule has 70 valence electrons. The Bertz CT molecular complexity index is 64.1. The van der Waals surface area contributed by atoms with Gasteiger partial charge >= 0.3 is 0 Å². The summed E-state index contributed by atoms with van der Waals surface area (Å²) in [5, 5.41) is 0.194. The van der Waals surface area contributed by atoms with Crippen LogP contribution in [0.25, 0.3) is 0 Å². The van der Waals surface area contributed by atoms with Crippen LogP contribution in [0.1, 0.15) is 0 Å². The van der Waals surface area contributed by atoms with E-state index in [4.69, 9.17) is 81.2 Å². The van der Waals surface area contributed by atoms with Gasteiger partial charge in [-0.1, -0.05) is 64.6 Å². The summed E-state index contributed by atoms with van der Waals surface area (Å²) >= 11 is 33.6. The van der Waals surface area contributed by atoms with E-state index < -0.39 is 4.30 Å². The van der Waals surface area contributed by atoms with Gasteiger partial charge in [0.05, 0.1) is 9.83 Å². The van der Waals surface area contributed by atoms with Gasteiger partial charge in [0.2, 0.25) is 0 Å². The molecule has 0 N–H and O–H groups in total. The van der Waals surface area contributed by atoms with Crippen molar-refractivity contribution in [3.05, 3.63) is 11.1 Å². The second kappa shape index (κ2) is 17.8. The summed E-state index contributed by atoms with van der Waals surface area (Å²) in [6.07, 6.45) is 0. The Morgan fingerprint density at radius 2 is 1.09 bits per heavy atom. The first kappa shape index (κ1) is 18.5. The van der Waals surface area contributed by atoms with E-state index in [1.165, 1.54) is 0 Å². The normalized spacial score (nSPS) is 7.27. The lowest BCUT2D eigenvalue weighted by atomic mass is 11.3. The topological polar surface area (TPSA) is 0 Å². The molecule has 0 bridgehead atoms. The van der Waals surface area contributed by atoms with Gasteiger partial charge in [0.25, 0.3) is 0 Å². The van der Waals surface area contributed by atoms with Crippen LogP contribution in [0.3, 0.4) is 0 Å². The van der Waals surface area contributed by atoms with E-state index in [1.54, 1.807) is 0 Å². The molecule has 0 radical (unpaired) electrons. The first-order chi connectivity index (χ1) is 4.88. The van der Waals surface area contributed by atoms with Crippen molar-refractivity contribution in [2.24, 2.45) is 0 Å². The number of hydrogen-bond donors (Lipinski definition) is 0. The van der Waals surface area contributed by atoms with Crippen LogP contribution < -0.4 is 0 Å². The number of hydrogen-bond acceptors (Lipinski definition) is 0. The lowest BCUT2D eigenvalue weighted by Gasteiger charge is -1.69. The van der Waals surface area contributed by atoms with Crippen LogP contribution in [0.4, 0.5) is 0 Å². The Hall–Kier alpha value is 1.77. The Kier molecular flexibility index (Phi) is 29.9. The average molecular weight is 301 g/mol. The first-order valence-corrected chi connectivity index (χ1v) is 5.05. The van der Waals surface area contributed by atoms with Crippen molar-refractivity contribution in [2.75, 3.05) is 5.34 Å². The van der Waals surface area contributed by atoms with Crippen LogP contribution in [-0.2, 0) is 0 Å². The molecule has 0 nitrogen and oxygen atoms in total. The average Bonchev–Trinajstić information content (AvgIpc) is 1.60. The third kappa shape index (κ3) is 359. The van der Waals surface area contributed by atoms with Crippen LogP contribution in [0, 0.1) is 0 Å². The molecule has 11 heavy (non-hydrogen) atoms. The molecule has 0 aromatic carbocycles. The maximum Gasteiger partial charge on any atom is 0.180 e. The second-order valence-corrected chi connectivity index (χ2v) is 4.58. The second-order valence-electron chi connectivity index (χ2n) is 0.687. The van der Waals surface area contributed by atoms with Gasteiger partial charge in [-0.3, -0.25) is 0 Å². The molecular formula is C4H5Cl7. The van der Waals surface area contributed by atoms with Gasteiger partial charge in [-0.2, -0.15) is 0 Å². The number of halogens is 7. The quantitative estimate of drug-likeness (QED) is 0.530. The lowest BCUT2D eigenvalue weighted by Crippen LogP contribution is -1.55. The van der Waals surface area contributed by atoms with Gasteiger partial charge in [0, 0.05) is 0 Å². The predicted octanol–water partition coefficient (Wildman–Crippen LogP) is 5.34. The molecule has 0 atom stereocenters. The van der Waals surface area contributed by atoms with Gasteiger partial charge < -0.3 is 0 Å². The molecule has 0 saturated carbocycles. The minimum absolute atomic E-state index is 0.111. The summed E-state index contributed by atoms with van der Waals surface area (Å²) in [4.78, 5) is 0. The molecule has 0 amide bonds. The predicted molar refractivity (Wildman–Crippen MR) is 58.8 cm³/mol. The zero-order valence-corrected chi connectivity index (χ0v) is 10.4. The lowest BCUT2D eigenvalue weighted by molar-refractivity contribution is 1.96. The Morgan fingerprint density at radius 3 is 1.09 bits per heavy atom. The molecule has 0 aliphatic carbocycles. The van der Waals surface area contributed by atoms with Crippen molar-refractivity contribution >= 4 is 81.2 Å². The van der Waals surface area contributed by atoms with Crippen LogP contribution in [-0.4, -0.2) is 9.63 Å². The van der Waals surface area contributed by atoms with Gasteiger partial charge in [-0.15, -0.1) is 23.2 Å². The van der Waals surface area contributed by atoms with Crippen molar-refractivity contribution < 1.29 is 0 Å². The van der Waals surface area contributed by atoms with E-state index in [1.807, 2.05) is 0 Å². The Labute approximate surface area is 101 Å². The molecule has 0 aliphatic rings. The van der Waals surface area contributed by atoms with Gasteiger partial charge in [0.1, 0.15) is 0 Å². The summed E-state index contributed by atoms with van der Waals surface area (Å²) in [7, 11) is 0. The standard InChI is InChI=1S/C2H2Cl2.CHCl3.CH2Cl2/c1-2(3)4;2-1(3)4;2-1-3/h1H2;1H;1H2. The number of rotatable bonds is 0. The van der Waals surface area contributed by atoms with E-state index in [0.717, 1.165) is 0 Å². The molecule has 0 aromatic heterocycles. The van der Waals surface area contributed by atoms with E-state index in [9.17, 15) is 0 Å². The van der Waals surface area contributed by atoms with Crippen molar-refractivity contribution in [3.63, 3.8) is 0 Å². The largest absolute Gasteiger partial charge is 0.180 e. The smallest absolute Gasteiger partial charge is 0.109 e. The zero-order chi connectivity index (χ0) is 9.86. The van der Waals surface area contributed by atoms with Crippen LogP contribution in [0.5, 0.6) is 0 Å². The van der Waals surface area contributed by atoms with Crippen molar-refractivity contribution in [1.29, 1.82) is 0 Å². The first-order valence-electron chi connectivity index (χ1n) is 1.92. The summed E-state index contributed by atoms with van der Waals surface area (Å²) in [6, 6.07) is 0. The SMILES string of the molecule is C=C(Cl)Cl.ClC(Cl)Cl.ClCCl. The Balaban J connectivity index is -0.0000000886.